The first kappa shape index (κ1) is 37.2. The summed E-state index contributed by atoms with van der Waals surface area (Å²) >= 11 is 0. The van der Waals surface area contributed by atoms with Gasteiger partial charge in [-0.1, -0.05) is 182 Å². The molecule has 2 nitrogen and oxygen atoms in total. The molecule has 1 aromatic heterocycles. The van der Waals surface area contributed by atoms with Gasteiger partial charge >= 0.3 is 0 Å². The van der Waals surface area contributed by atoms with Crippen molar-refractivity contribution >= 4 is 38.9 Å². The fraction of sp³-hybridized carbons (Fsp3) is 0.0625. The van der Waals surface area contributed by atoms with Gasteiger partial charge in [-0.25, -0.2) is 0 Å². The van der Waals surface area contributed by atoms with Gasteiger partial charge in [0, 0.05) is 34.0 Å². The lowest BCUT2D eigenvalue weighted by Crippen LogP contribution is -2.25. The number of fused-ring (bicyclic) bond motifs is 9. The third-order valence-corrected chi connectivity index (χ3v) is 14.9. The molecule has 11 aromatic rings. The van der Waals surface area contributed by atoms with E-state index in [-0.39, 0.29) is 11.8 Å². The first-order valence-corrected chi connectivity index (χ1v) is 23.4. The maximum Gasteiger partial charge on any atom is 0.0579 e. The fourth-order valence-corrected chi connectivity index (χ4v) is 11.8. The molecule has 0 bridgehead atoms. The van der Waals surface area contributed by atoms with E-state index >= 15 is 0 Å². The Morgan fingerprint density at radius 2 is 0.985 bits per heavy atom. The van der Waals surface area contributed by atoms with E-state index < -0.39 is 0 Å². The molecule has 0 spiro atoms. The Morgan fingerprint density at radius 3 is 1.76 bits per heavy atom. The molecule has 0 saturated heterocycles. The number of rotatable bonds is 6. The van der Waals surface area contributed by atoms with Gasteiger partial charge in [0.15, 0.2) is 0 Å². The third-order valence-electron chi connectivity index (χ3n) is 14.9. The Hall–Kier alpha value is -8.20. The lowest BCUT2D eigenvalue weighted by atomic mass is 9.72. The van der Waals surface area contributed by atoms with Gasteiger partial charge in [-0.3, -0.25) is 0 Å². The summed E-state index contributed by atoms with van der Waals surface area (Å²) in [4.78, 5) is 2.49. The molecule has 310 valence electrons. The van der Waals surface area contributed by atoms with Gasteiger partial charge in [-0.2, -0.15) is 0 Å². The molecule has 2 unspecified atom stereocenters. The van der Waals surface area contributed by atoms with E-state index in [1.165, 1.54) is 122 Å². The van der Waals surface area contributed by atoms with Crippen molar-refractivity contribution in [3.05, 3.63) is 264 Å². The van der Waals surface area contributed by atoms with E-state index in [9.17, 15) is 0 Å². The molecular weight excluding hydrogens is 797 g/mol. The van der Waals surface area contributed by atoms with Crippen molar-refractivity contribution in [1.82, 2.24) is 4.57 Å². The Morgan fingerprint density at radius 1 is 0.394 bits per heavy atom. The zero-order chi connectivity index (χ0) is 43.3. The molecule has 0 fully saturated rings. The predicted octanol–water partition coefficient (Wildman–Crippen LogP) is 16.6. The Balaban J connectivity index is 0.855. The molecule has 2 atom stereocenters. The van der Waals surface area contributed by atoms with Crippen LogP contribution in [0.1, 0.15) is 45.2 Å². The number of hydrogen-bond acceptors (Lipinski definition) is 1. The summed E-state index contributed by atoms with van der Waals surface area (Å²) in [6.07, 6.45) is 1.92. The standard InChI is InChI=1S/C64H44N2/c1-3-13-42(14-4-1)44-27-25-41(26-28-44)37-56-50-17-7-10-23-60(50)66-61-36-33-47(39-57(61)54-21-11-20-53(56)64(54)66)46-29-30-48-40-58-51-18-8-9-22-59(51)65(62-24-12-19-52(63(58)62)55(48)38-46)49-34-31-45(32-35-49)43-15-5-2-6-16-43/h1-36,38-39,56,58H,37,40H2. The number of aromatic nitrogens is 1. The Bertz CT molecular complexity index is 3690. The largest absolute Gasteiger partial charge is 0.310 e. The van der Waals surface area contributed by atoms with E-state index in [2.05, 4.69) is 240 Å². The first-order valence-electron chi connectivity index (χ1n) is 23.4. The quantitative estimate of drug-likeness (QED) is 0.162. The van der Waals surface area contributed by atoms with Crippen LogP contribution < -0.4 is 4.90 Å². The number of nitrogens with zero attached hydrogens (tertiary/aromatic N) is 2. The molecular formula is C64H44N2. The maximum absolute atomic E-state index is 2.54. The number of benzene rings is 10. The monoisotopic (exact) mass is 840 g/mol. The highest BCUT2D eigenvalue weighted by Crippen LogP contribution is 2.56. The first-order chi connectivity index (χ1) is 32.7. The zero-order valence-electron chi connectivity index (χ0n) is 36.4. The summed E-state index contributed by atoms with van der Waals surface area (Å²) in [5.41, 5.74) is 26.1. The predicted molar refractivity (Wildman–Crippen MR) is 275 cm³/mol. The van der Waals surface area contributed by atoms with Crippen molar-refractivity contribution in [2.24, 2.45) is 0 Å². The highest BCUT2D eigenvalue weighted by molar-refractivity contribution is 6.12. The second kappa shape index (κ2) is 14.7. The summed E-state index contributed by atoms with van der Waals surface area (Å²) in [5.74, 6) is 0.540. The minimum absolute atomic E-state index is 0.251. The topological polar surface area (TPSA) is 8.17 Å². The average Bonchev–Trinajstić information content (AvgIpc) is 3.73. The number of para-hydroxylation sites is 3. The molecule has 0 N–H and O–H groups in total. The summed E-state index contributed by atoms with van der Waals surface area (Å²) in [6.45, 7) is 0. The van der Waals surface area contributed by atoms with Crippen molar-refractivity contribution in [2.75, 3.05) is 4.90 Å². The molecule has 3 heterocycles. The van der Waals surface area contributed by atoms with Crippen molar-refractivity contribution in [2.45, 2.75) is 24.7 Å². The number of hydrogen-bond donors (Lipinski definition) is 0. The summed E-state index contributed by atoms with van der Waals surface area (Å²) in [6, 6.07) is 86.1. The molecule has 14 rings (SSSR count). The van der Waals surface area contributed by atoms with Gasteiger partial charge in [0.1, 0.15) is 0 Å². The van der Waals surface area contributed by atoms with Crippen LogP contribution in [0.25, 0.3) is 72.0 Å². The second-order valence-electron chi connectivity index (χ2n) is 18.4. The molecule has 0 amide bonds. The SMILES string of the molecule is c1ccc(-c2ccc(CC3c4ccccc4-n4c5ccc(-c6ccc7c(c6)-c6cccc8c6C(C7)c6ccccc6N8c6ccc(-c7ccccc7)cc6)cc5c5cccc3c54)cc2)cc1. The summed E-state index contributed by atoms with van der Waals surface area (Å²) in [5, 5.41) is 2.61. The zero-order valence-corrected chi connectivity index (χ0v) is 36.4. The Labute approximate surface area is 385 Å². The van der Waals surface area contributed by atoms with Gasteiger partial charge in [0.2, 0.25) is 0 Å². The number of anilines is 3. The smallest absolute Gasteiger partial charge is 0.0579 e. The highest BCUT2D eigenvalue weighted by Gasteiger charge is 2.37. The molecule has 66 heavy (non-hydrogen) atoms. The lowest BCUT2D eigenvalue weighted by Gasteiger charge is -2.41. The van der Waals surface area contributed by atoms with Crippen LogP contribution in [-0.4, -0.2) is 4.57 Å². The van der Waals surface area contributed by atoms with Gasteiger partial charge < -0.3 is 9.47 Å². The van der Waals surface area contributed by atoms with Gasteiger partial charge in [-0.15, -0.1) is 0 Å². The van der Waals surface area contributed by atoms with E-state index in [4.69, 9.17) is 0 Å². The van der Waals surface area contributed by atoms with Crippen LogP contribution in [0.2, 0.25) is 0 Å². The van der Waals surface area contributed by atoms with Crippen LogP contribution in [0.15, 0.2) is 231 Å². The highest BCUT2D eigenvalue weighted by atomic mass is 15.2. The molecule has 1 aliphatic carbocycles. The van der Waals surface area contributed by atoms with Gasteiger partial charge in [0.25, 0.3) is 0 Å². The van der Waals surface area contributed by atoms with Crippen LogP contribution in [0.4, 0.5) is 17.1 Å². The molecule has 3 aliphatic rings. The second-order valence-corrected chi connectivity index (χ2v) is 18.4. The molecule has 2 aliphatic heterocycles. The molecule has 0 radical (unpaired) electrons. The van der Waals surface area contributed by atoms with E-state index in [0.29, 0.717) is 0 Å². The van der Waals surface area contributed by atoms with Crippen LogP contribution in [0.3, 0.4) is 0 Å². The lowest BCUT2D eigenvalue weighted by molar-refractivity contribution is 0.779. The van der Waals surface area contributed by atoms with Crippen LogP contribution in [0.5, 0.6) is 0 Å². The van der Waals surface area contributed by atoms with E-state index in [0.717, 1.165) is 12.8 Å². The van der Waals surface area contributed by atoms with Gasteiger partial charge in [-0.05, 0) is 139 Å². The van der Waals surface area contributed by atoms with Crippen LogP contribution in [-0.2, 0) is 12.8 Å². The van der Waals surface area contributed by atoms with Crippen molar-refractivity contribution in [1.29, 1.82) is 0 Å². The average molecular weight is 841 g/mol. The van der Waals surface area contributed by atoms with E-state index in [1.54, 1.807) is 0 Å². The van der Waals surface area contributed by atoms with Crippen molar-refractivity contribution < 1.29 is 0 Å². The third kappa shape index (κ3) is 5.68. The molecule has 0 saturated carbocycles. The Kier molecular flexibility index (Phi) is 8.27. The summed E-state index contributed by atoms with van der Waals surface area (Å²) < 4.78 is 2.54. The van der Waals surface area contributed by atoms with Crippen LogP contribution >= 0.6 is 0 Å². The minimum Gasteiger partial charge on any atom is -0.310 e. The van der Waals surface area contributed by atoms with Crippen LogP contribution in [0, 0.1) is 0 Å². The fourth-order valence-electron chi connectivity index (χ4n) is 11.8. The summed E-state index contributed by atoms with van der Waals surface area (Å²) in [7, 11) is 0. The van der Waals surface area contributed by atoms with E-state index in [1.807, 2.05) is 0 Å². The van der Waals surface area contributed by atoms with Gasteiger partial charge in [0.05, 0.1) is 22.4 Å². The molecule has 2 heteroatoms. The molecule has 10 aromatic carbocycles. The van der Waals surface area contributed by atoms with Crippen molar-refractivity contribution in [3.63, 3.8) is 0 Å². The van der Waals surface area contributed by atoms with Crippen molar-refractivity contribution in [3.8, 4) is 50.2 Å². The minimum atomic E-state index is 0.251. The normalized spacial score (nSPS) is 15.2. The maximum atomic E-state index is 2.54.